The number of halogens is 2. The van der Waals surface area contributed by atoms with E-state index in [-0.39, 0.29) is 5.82 Å². The Morgan fingerprint density at radius 1 is 1.21 bits per heavy atom. The molecule has 0 spiro atoms. The van der Waals surface area contributed by atoms with E-state index in [9.17, 15) is 4.39 Å². The number of hydrogen-bond acceptors (Lipinski definition) is 2. The van der Waals surface area contributed by atoms with Crippen molar-refractivity contribution >= 4 is 15.9 Å². The number of nitrogens with zero attached hydrogens (tertiary/aromatic N) is 1. The molecule has 0 amide bonds. The lowest BCUT2D eigenvalue weighted by molar-refractivity contribution is 0.410. The Hall–Kier alpha value is -1.26. The van der Waals surface area contributed by atoms with Gasteiger partial charge in [-0.15, -0.1) is 0 Å². The highest BCUT2D eigenvalue weighted by molar-refractivity contribution is 9.10. The van der Waals surface area contributed by atoms with Crippen molar-refractivity contribution in [1.82, 2.24) is 4.98 Å². The quantitative estimate of drug-likeness (QED) is 0.930. The highest BCUT2D eigenvalue weighted by Crippen LogP contribution is 2.25. The van der Waals surface area contributed by atoms with Crippen LogP contribution in [-0.2, 0) is 12.0 Å². The maximum atomic E-state index is 12.9. The minimum absolute atomic E-state index is 0.342. The van der Waals surface area contributed by atoms with Gasteiger partial charge in [0.25, 0.3) is 0 Å². The largest absolute Gasteiger partial charge is 0.320 e. The second-order valence-corrected chi connectivity index (χ2v) is 5.59. The minimum Gasteiger partial charge on any atom is -0.320 e. The number of hydrogen-bond donors (Lipinski definition) is 1. The lowest BCUT2D eigenvalue weighted by Crippen LogP contribution is -2.39. The Balaban J connectivity index is 2.27. The third-order valence-electron chi connectivity index (χ3n) is 3.30. The Morgan fingerprint density at radius 3 is 2.42 bits per heavy atom. The SMILES string of the molecule is CCC(N)(Cc1ccc(Br)cc1)c1ccc(F)cn1. The number of rotatable bonds is 4. The molecule has 19 heavy (non-hydrogen) atoms. The average molecular weight is 323 g/mol. The van der Waals surface area contributed by atoms with Crippen LogP contribution in [-0.4, -0.2) is 4.98 Å². The highest BCUT2D eigenvalue weighted by Gasteiger charge is 2.27. The molecular formula is C15H16BrFN2. The van der Waals surface area contributed by atoms with Gasteiger partial charge in [-0.05, 0) is 42.7 Å². The van der Waals surface area contributed by atoms with Crippen LogP contribution in [0.2, 0.25) is 0 Å². The lowest BCUT2D eigenvalue weighted by atomic mass is 9.86. The highest BCUT2D eigenvalue weighted by atomic mass is 79.9. The van der Waals surface area contributed by atoms with Crippen molar-refractivity contribution in [1.29, 1.82) is 0 Å². The van der Waals surface area contributed by atoms with Crippen molar-refractivity contribution in [2.75, 3.05) is 0 Å². The van der Waals surface area contributed by atoms with Crippen LogP contribution in [0.3, 0.4) is 0 Å². The second-order valence-electron chi connectivity index (χ2n) is 4.67. The Kier molecular flexibility index (Phi) is 4.32. The summed E-state index contributed by atoms with van der Waals surface area (Å²) in [5.74, 6) is -0.342. The minimum atomic E-state index is -0.568. The molecule has 1 atom stereocenters. The fourth-order valence-electron chi connectivity index (χ4n) is 2.03. The maximum Gasteiger partial charge on any atom is 0.141 e. The predicted molar refractivity (Wildman–Crippen MR) is 78.2 cm³/mol. The lowest BCUT2D eigenvalue weighted by Gasteiger charge is -2.27. The molecular weight excluding hydrogens is 307 g/mol. The summed E-state index contributed by atoms with van der Waals surface area (Å²) in [4.78, 5) is 4.13. The first kappa shape index (κ1) is 14.2. The van der Waals surface area contributed by atoms with E-state index >= 15 is 0 Å². The van der Waals surface area contributed by atoms with Gasteiger partial charge >= 0.3 is 0 Å². The van der Waals surface area contributed by atoms with Gasteiger partial charge in [0, 0.05) is 4.47 Å². The molecule has 4 heteroatoms. The monoisotopic (exact) mass is 322 g/mol. The molecule has 1 heterocycles. The maximum absolute atomic E-state index is 12.9. The Morgan fingerprint density at radius 2 is 1.89 bits per heavy atom. The zero-order valence-electron chi connectivity index (χ0n) is 10.7. The number of pyridine rings is 1. The molecule has 0 aliphatic carbocycles. The first-order valence-corrected chi connectivity index (χ1v) is 6.98. The molecule has 2 nitrogen and oxygen atoms in total. The molecule has 100 valence electrons. The van der Waals surface area contributed by atoms with Gasteiger partial charge in [0.05, 0.1) is 17.4 Å². The van der Waals surface area contributed by atoms with E-state index in [4.69, 9.17) is 5.73 Å². The molecule has 1 aromatic carbocycles. The molecule has 0 aliphatic heterocycles. The molecule has 2 rings (SSSR count). The first-order valence-electron chi connectivity index (χ1n) is 6.19. The van der Waals surface area contributed by atoms with Crippen LogP contribution in [0.4, 0.5) is 4.39 Å². The van der Waals surface area contributed by atoms with Crippen LogP contribution in [0.5, 0.6) is 0 Å². The molecule has 0 radical (unpaired) electrons. The third kappa shape index (κ3) is 3.39. The average Bonchev–Trinajstić information content (AvgIpc) is 2.42. The van der Waals surface area contributed by atoms with E-state index < -0.39 is 5.54 Å². The summed E-state index contributed by atoms with van der Waals surface area (Å²) in [6, 6.07) is 11.1. The summed E-state index contributed by atoms with van der Waals surface area (Å²) in [5, 5.41) is 0. The van der Waals surface area contributed by atoms with Crippen LogP contribution >= 0.6 is 15.9 Å². The zero-order valence-corrected chi connectivity index (χ0v) is 12.3. The Bertz CT molecular complexity index is 539. The molecule has 2 aromatic rings. The molecule has 2 N–H and O–H groups in total. The number of nitrogens with two attached hydrogens (primary N) is 1. The summed E-state index contributed by atoms with van der Waals surface area (Å²) in [5.41, 5.74) is 7.73. The van der Waals surface area contributed by atoms with Crippen LogP contribution < -0.4 is 5.73 Å². The molecule has 1 aromatic heterocycles. The second kappa shape index (κ2) is 5.80. The topological polar surface area (TPSA) is 38.9 Å². The van der Waals surface area contributed by atoms with Gasteiger partial charge in [-0.2, -0.15) is 0 Å². The summed E-state index contributed by atoms with van der Waals surface area (Å²) < 4.78 is 14.0. The van der Waals surface area contributed by atoms with Crippen molar-refractivity contribution in [2.45, 2.75) is 25.3 Å². The van der Waals surface area contributed by atoms with Crippen LogP contribution in [0.25, 0.3) is 0 Å². The molecule has 1 unspecified atom stereocenters. The molecule has 0 bridgehead atoms. The predicted octanol–water partition coefficient (Wildman–Crippen LogP) is 3.79. The van der Waals surface area contributed by atoms with Crippen molar-refractivity contribution in [3.8, 4) is 0 Å². The van der Waals surface area contributed by atoms with Gasteiger partial charge < -0.3 is 5.73 Å². The normalized spacial score (nSPS) is 14.1. The van der Waals surface area contributed by atoms with Crippen molar-refractivity contribution in [3.05, 3.63) is 64.1 Å². The molecule has 0 aliphatic rings. The van der Waals surface area contributed by atoms with E-state index in [1.165, 1.54) is 12.3 Å². The van der Waals surface area contributed by atoms with E-state index in [0.717, 1.165) is 22.2 Å². The van der Waals surface area contributed by atoms with E-state index in [1.807, 2.05) is 31.2 Å². The van der Waals surface area contributed by atoms with Gasteiger partial charge in [0.2, 0.25) is 0 Å². The summed E-state index contributed by atoms with van der Waals surface area (Å²) in [6.07, 6.45) is 2.63. The van der Waals surface area contributed by atoms with Crippen molar-refractivity contribution in [3.63, 3.8) is 0 Å². The van der Waals surface area contributed by atoms with Gasteiger partial charge in [-0.25, -0.2) is 4.39 Å². The van der Waals surface area contributed by atoms with E-state index in [0.29, 0.717) is 6.42 Å². The van der Waals surface area contributed by atoms with Crippen molar-refractivity contribution in [2.24, 2.45) is 5.73 Å². The first-order chi connectivity index (χ1) is 9.03. The summed E-state index contributed by atoms with van der Waals surface area (Å²) in [6.45, 7) is 2.02. The third-order valence-corrected chi connectivity index (χ3v) is 3.83. The zero-order chi connectivity index (χ0) is 13.9. The summed E-state index contributed by atoms with van der Waals surface area (Å²) in [7, 11) is 0. The van der Waals surface area contributed by atoms with E-state index in [2.05, 4.69) is 20.9 Å². The van der Waals surface area contributed by atoms with Crippen molar-refractivity contribution < 1.29 is 4.39 Å². The van der Waals surface area contributed by atoms with Gasteiger partial charge in [0.1, 0.15) is 5.82 Å². The number of aromatic nitrogens is 1. The van der Waals surface area contributed by atoms with Crippen LogP contribution in [0.15, 0.2) is 47.1 Å². The number of benzene rings is 1. The fourth-order valence-corrected chi connectivity index (χ4v) is 2.30. The summed E-state index contributed by atoms with van der Waals surface area (Å²) >= 11 is 3.41. The Labute approximate surface area is 121 Å². The van der Waals surface area contributed by atoms with Gasteiger partial charge in [0.15, 0.2) is 0 Å². The molecule has 0 saturated heterocycles. The van der Waals surface area contributed by atoms with Crippen LogP contribution in [0.1, 0.15) is 24.6 Å². The smallest absolute Gasteiger partial charge is 0.141 e. The molecule has 0 saturated carbocycles. The fraction of sp³-hybridized carbons (Fsp3) is 0.267. The van der Waals surface area contributed by atoms with Crippen LogP contribution in [0, 0.1) is 5.82 Å². The molecule has 0 fully saturated rings. The standard InChI is InChI=1S/C15H16BrFN2/c1-2-15(18,14-8-7-13(17)10-19-14)9-11-3-5-12(16)6-4-11/h3-8,10H,2,9,18H2,1H3. The van der Waals surface area contributed by atoms with Gasteiger partial charge in [-0.1, -0.05) is 35.0 Å². The van der Waals surface area contributed by atoms with Gasteiger partial charge in [-0.3, -0.25) is 4.98 Å². The van der Waals surface area contributed by atoms with E-state index in [1.54, 1.807) is 6.07 Å².